The Morgan fingerprint density at radius 3 is 1.63 bits per heavy atom. The molecule has 19 heavy (non-hydrogen) atoms. The molecule has 0 aromatic carbocycles. The van der Waals surface area contributed by atoms with E-state index in [4.69, 9.17) is 27.4 Å². The minimum absolute atomic E-state index is 0.0213. The van der Waals surface area contributed by atoms with Gasteiger partial charge in [-0.25, -0.2) is 0 Å². The first-order chi connectivity index (χ1) is 8.57. The zero-order valence-corrected chi connectivity index (χ0v) is 11.2. The zero-order chi connectivity index (χ0) is 15.6. The lowest BCUT2D eigenvalue weighted by atomic mass is 10.1. The molecule has 112 valence electrons. The fourth-order valence-corrected chi connectivity index (χ4v) is 1.03. The van der Waals surface area contributed by atoms with Gasteiger partial charge in [-0.15, -0.1) is 0 Å². The molecular formula is C11H23N3O5. The van der Waals surface area contributed by atoms with Gasteiger partial charge in [-0.3, -0.25) is 14.4 Å². The van der Waals surface area contributed by atoms with Crippen molar-refractivity contribution in [1.82, 2.24) is 0 Å². The lowest BCUT2D eigenvalue weighted by molar-refractivity contribution is -0.139. The molecule has 8 nitrogen and oxygen atoms in total. The normalized spacial score (nSPS) is 13.1. The van der Waals surface area contributed by atoms with Crippen LogP contribution >= 0.6 is 0 Å². The molecule has 0 rings (SSSR count). The fourth-order valence-electron chi connectivity index (χ4n) is 1.03. The number of amides is 1. The Morgan fingerprint density at radius 1 is 1.00 bits per heavy atom. The summed E-state index contributed by atoms with van der Waals surface area (Å²) in [6.07, 6.45) is 0.674. The highest BCUT2D eigenvalue weighted by Crippen LogP contribution is 2.01. The molecule has 8 heteroatoms. The third-order valence-electron chi connectivity index (χ3n) is 2.06. The number of carboxylic acids is 2. The van der Waals surface area contributed by atoms with Gasteiger partial charge in [0.25, 0.3) is 0 Å². The first kappa shape index (κ1) is 19.7. The molecule has 1 amide bonds. The van der Waals surface area contributed by atoms with Gasteiger partial charge in [0, 0.05) is 6.42 Å². The summed E-state index contributed by atoms with van der Waals surface area (Å²) in [6, 6.07) is -1.67. The van der Waals surface area contributed by atoms with Gasteiger partial charge in [0.1, 0.15) is 12.1 Å². The summed E-state index contributed by atoms with van der Waals surface area (Å²) in [7, 11) is 0. The maximum absolute atomic E-state index is 10.1. The van der Waals surface area contributed by atoms with E-state index in [2.05, 4.69) is 0 Å². The van der Waals surface area contributed by atoms with E-state index in [0.717, 1.165) is 0 Å². The molecule has 0 aliphatic rings. The second-order valence-corrected chi connectivity index (χ2v) is 4.52. The molecule has 8 N–H and O–H groups in total. The zero-order valence-electron chi connectivity index (χ0n) is 11.2. The molecule has 0 bridgehead atoms. The Morgan fingerprint density at radius 2 is 1.42 bits per heavy atom. The highest BCUT2D eigenvalue weighted by molar-refractivity contribution is 5.77. The van der Waals surface area contributed by atoms with Crippen LogP contribution in [0.1, 0.15) is 33.1 Å². The molecule has 0 unspecified atom stereocenters. The number of carboxylic acid groups (broad SMARTS) is 2. The molecule has 0 saturated heterocycles. The van der Waals surface area contributed by atoms with E-state index < -0.39 is 29.9 Å². The van der Waals surface area contributed by atoms with E-state index in [1.807, 2.05) is 13.8 Å². The fraction of sp³-hybridized carbons (Fsp3) is 0.727. The van der Waals surface area contributed by atoms with Crippen LogP contribution < -0.4 is 17.2 Å². The summed E-state index contributed by atoms with van der Waals surface area (Å²) in [6.45, 7) is 3.89. The summed E-state index contributed by atoms with van der Waals surface area (Å²) in [5, 5.41) is 16.5. The van der Waals surface area contributed by atoms with Gasteiger partial charge in [-0.2, -0.15) is 0 Å². The molecule has 0 aliphatic carbocycles. The first-order valence-corrected chi connectivity index (χ1v) is 5.83. The maximum atomic E-state index is 10.1. The second-order valence-electron chi connectivity index (χ2n) is 4.52. The number of rotatable bonds is 7. The van der Waals surface area contributed by atoms with Gasteiger partial charge in [-0.05, 0) is 18.8 Å². The van der Waals surface area contributed by atoms with Crippen molar-refractivity contribution in [2.24, 2.45) is 23.1 Å². The van der Waals surface area contributed by atoms with Crippen molar-refractivity contribution >= 4 is 17.8 Å². The average Bonchev–Trinajstić information content (AvgIpc) is 2.25. The highest BCUT2D eigenvalue weighted by Gasteiger charge is 2.12. The third-order valence-corrected chi connectivity index (χ3v) is 2.06. The van der Waals surface area contributed by atoms with Gasteiger partial charge in [-0.1, -0.05) is 13.8 Å². The van der Waals surface area contributed by atoms with Gasteiger partial charge in [0.2, 0.25) is 5.91 Å². The number of carbonyl (C=O) groups is 3. The van der Waals surface area contributed by atoms with Crippen molar-refractivity contribution in [3.63, 3.8) is 0 Å². The van der Waals surface area contributed by atoms with E-state index >= 15 is 0 Å². The Bertz CT molecular complexity index is 307. The second kappa shape index (κ2) is 10.3. The molecule has 0 fully saturated rings. The summed E-state index contributed by atoms with van der Waals surface area (Å²) >= 11 is 0. The Labute approximate surface area is 111 Å². The number of nitrogens with two attached hydrogens (primary N) is 3. The van der Waals surface area contributed by atoms with Crippen LogP contribution in [0.2, 0.25) is 0 Å². The number of primary amides is 1. The standard InChI is InChI=1S/C6H13NO2.C5H10N2O3/c1-4(2)3-5(7)6(8)9;6-3(5(9)10)1-2-4(7)8/h4-5H,3,7H2,1-2H3,(H,8,9);3H,1-2,6H2,(H2,7,8)(H,9,10)/t5-;3-/m10/s1. The van der Waals surface area contributed by atoms with Crippen LogP contribution in [0.3, 0.4) is 0 Å². The lowest BCUT2D eigenvalue weighted by Gasteiger charge is -2.07. The van der Waals surface area contributed by atoms with Crippen LogP contribution in [-0.2, 0) is 14.4 Å². The quantitative estimate of drug-likeness (QED) is 0.401. The average molecular weight is 277 g/mol. The van der Waals surface area contributed by atoms with E-state index in [0.29, 0.717) is 12.3 Å². The van der Waals surface area contributed by atoms with E-state index in [9.17, 15) is 14.4 Å². The van der Waals surface area contributed by atoms with Gasteiger partial charge >= 0.3 is 11.9 Å². The van der Waals surface area contributed by atoms with Crippen LogP contribution in [0.15, 0.2) is 0 Å². The predicted molar refractivity (Wildman–Crippen MR) is 69.1 cm³/mol. The molecular weight excluding hydrogens is 254 g/mol. The molecule has 0 aliphatic heterocycles. The van der Waals surface area contributed by atoms with E-state index in [1.165, 1.54) is 0 Å². The van der Waals surface area contributed by atoms with Crippen molar-refractivity contribution < 1.29 is 24.6 Å². The minimum Gasteiger partial charge on any atom is -0.480 e. The van der Waals surface area contributed by atoms with Crippen LogP contribution in [0.25, 0.3) is 0 Å². The largest absolute Gasteiger partial charge is 0.480 e. The number of carbonyl (C=O) groups excluding carboxylic acids is 1. The monoisotopic (exact) mass is 277 g/mol. The van der Waals surface area contributed by atoms with Crippen LogP contribution in [-0.4, -0.2) is 40.1 Å². The van der Waals surface area contributed by atoms with Crippen molar-refractivity contribution in [3.05, 3.63) is 0 Å². The van der Waals surface area contributed by atoms with E-state index in [-0.39, 0.29) is 12.8 Å². The molecule has 0 radical (unpaired) electrons. The van der Waals surface area contributed by atoms with Gasteiger partial charge in [0.15, 0.2) is 0 Å². The molecule has 0 spiro atoms. The van der Waals surface area contributed by atoms with Crippen molar-refractivity contribution in [2.45, 2.75) is 45.2 Å². The Hall–Kier alpha value is -1.67. The molecule has 2 atom stereocenters. The van der Waals surface area contributed by atoms with Crippen LogP contribution in [0.5, 0.6) is 0 Å². The minimum atomic E-state index is -1.11. The Kier molecular flexibility index (Phi) is 10.6. The SMILES string of the molecule is CC(C)C[C@@H](N)C(=O)O.NC(=O)CC[C@H](N)C(=O)O. The van der Waals surface area contributed by atoms with Crippen molar-refractivity contribution in [3.8, 4) is 0 Å². The number of hydrogen-bond donors (Lipinski definition) is 5. The maximum Gasteiger partial charge on any atom is 0.320 e. The number of aliphatic carboxylic acids is 2. The molecule has 0 aromatic rings. The van der Waals surface area contributed by atoms with Gasteiger partial charge in [0.05, 0.1) is 0 Å². The van der Waals surface area contributed by atoms with Crippen LogP contribution in [0.4, 0.5) is 0 Å². The summed E-state index contributed by atoms with van der Waals surface area (Å²) < 4.78 is 0. The number of hydrogen-bond acceptors (Lipinski definition) is 5. The molecule has 0 saturated carbocycles. The topological polar surface area (TPSA) is 170 Å². The molecule has 0 heterocycles. The van der Waals surface area contributed by atoms with Crippen LogP contribution in [0, 0.1) is 5.92 Å². The van der Waals surface area contributed by atoms with Gasteiger partial charge < -0.3 is 27.4 Å². The highest BCUT2D eigenvalue weighted by atomic mass is 16.4. The predicted octanol–water partition coefficient (Wildman–Crippen LogP) is -0.892. The Balaban J connectivity index is 0. The lowest BCUT2D eigenvalue weighted by Crippen LogP contribution is -2.31. The summed E-state index contributed by atoms with van der Waals surface area (Å²) in [4.78, 5) is 30.2. The van der Waals surface area contributed by atoms with E-state index in [1.54, 1.807) is 0 Å². The smallest absolute Gasteiger partial charge is 0.320 e. The summed E-state index contributed by atoms with van der Waals surface area (Å²) in [5.41, 5.74) is 15.0. The van der Waals surface area contributed by atoms with Crippen molar-refractivity contribution in [1.29, 1.82) is 0 Å². The third kappa shape index (κ3) is 14.3. The summed E-state index contributed by atoms with van der Waals surface area (Å²) in [5.74, 6) is -2.20. The van der Waals surface area contributed by atoms with Crippen molar-refractivity contribution in [2.75, 3.05) is 0 Å². The first-order valence-electron chi connectivity index (χ1n) is 5.83. The molecule has 0 aromatic heterocycles.